The van der Waals surface area contributed by atoms with Crippen LogP contribution in [0.3, 0.4) is 0 Å². The summed E-state index contributed by atoms with van der Waals surface area (Å²) >= 11 is 0. The van der Waals surface area contributed by atoms with Crippen LogP contribution in [0.2, 0.25) is 0 Å². The molecule has 2 aromatic rings. The molecule has 1 aliphatic heterocycles. The first-order valence-electron chi connectivity index (χ1n) is 9.44. The highest BCUT2D eigenvalue weighted by atomic mass is 16.2. The van der Waals surface area contributed by atoms with E-state index in [-0.39, 0.29) is 11.8 Å². The zero-order valence-corrected chi connectivity index (χ0v) is 16.4. The highest BCUT2D eigenvalue weighted by Crippen LogP contribution is 2.19. The smallest absolute Gasteiger partial charge is 0.236 e. The average molecular weight is 368 g/mol. The molecule has 144 valence electrons. The summed E-state index contributed by atoms with van der Waals surface area (Å²) in [5.74, 6) is 0.491. The van der Waals surface area contributed by atoms with Crippen LogP contribution in [0.1, 0.15) is 12.5 Å². The summed E-state index contributed by atoms with van der Waals surface area (Å²) < 4.78 is 0. The first kappa shape index (κ1) is 19.3. The molecule has 1 atom stereocenters. The Morgan fingerprint density at radius 1 is 1.19 bits per heavy atom. The van der Waals surface area contributed by atoms with Gasteiger partial charge in [-0.15, -0.1) is 0 Å². The van der Waals surface area contributed by atoms with E-state index in [4.69, 9.17) is 0 Å². The zero-order valence-electron chi connectivity index (χ0n) is 16.4. The summed E-state index contributed by atoms with van der Waals surface area (Å²) in [5.41, 5.74) is 2.23. The minimum Gasteiger partial charge on any atom is -0.348 e. The highest BCUT2D eigenvalue weighted by Gasteiger charge is 2.26. The Bertz CT molecular complexity index is 821. The van der Waals surface area contributed by atoms with Crippen LogP contribution in [0.15, 0.2) is 36.5 Å². The maximum Gasteiger partial charge on any atom is 0.236 e. The number of carbonyl (C=O) groups is 2. The van der Waals surface area contributed by atoms with Gasteiger partial charge in [-0.25, -0.2) is 0 Å². The molecule has 0 radical (unpaired) electrons. The Kier molecular flexibility index (Phi) is 6.06. The number of benzene rings is 1. The van der Waals surface area contributed by atoms with Gasteiger partial charge >= 0.3 is 0 Å². The van der Waals surface area contributed by atoms with Crippen LogP contribution in [0.4, 0.5) is 0 Å². The van der Waals surface area contributed by atoms with E-state index in [0.29, 0.717) is 19.0 Å². The van der Waals surface area contributed by atoms with Crippen molar-refractivity contribution in [1.82, 2.24) is 19.7 Å². The highest BCUT2D eigenvalue weighted by molar-refractivity contribution is 5.79. The molecule has 27 heavy (non-hydrogen) atoms. The third-order valence-corrected chi connectivity index (χ3v) is 5.18. The largest absolute Gasteiger partial charge is 0.348 e. The summed E-state index contributed by atoms with van der Waals surface area (Å²) in [6.45, 7) is 4.98. The summed E-state index contributed by atoms with van der Waals surface area (Å²) in [4.78, 5) is 34.2. The lowest BCUT2D eigenvalue weighted by atomic mass is 9.97. The Morgan fingerprint density at radius 3 is 2.74 bits per heavy atom. The predicted molar refractivity (Wildman–Crippen MR) is 106 cm³/mol. The van der Waals surface area contributed by atoms with Crippen molar-refractivity contribution in [3.8, 4) is 0 Å². The van der Waals surface area contributed by atoms with Crippen molar-refractivity contribution in [2.24, 2.45) is 5.92 Å². The number of hydrogen-bond acceptors (Lipinski definition) is 4. The molecular weight excluding hydrogens is 340 g/mol. The summed E-state index contributed by atoms with van der Waals surface area (Å²) in [6, 6.07) is 10.4. The Balaban J connectivity index is 1.76. The maximum absolute atomic E-state index is 12.1. The van der Waals surface area contributed by atoms with Gasteiger partial charge in [-0.05, 0) is 36.1 Å². The van der Waals surface area contributed by atoms with Crippen LogP contribution in [-0.4, -0.2) is 78.3 Å². The second-order valence-electron chi connectivity index (χ2n) is 7.59. The minimum atomic E-state index is 0.0989. The average Bonchev–Trinajstić information content (AvgIpc) is 2.83. The van der Waals surface area contributed by atoms with Crippen molar-refractivity contribution >= 4 is 22.7 Å². The lowest BCUT2D eigenvalue weighted by Gasteiger charge is -2.25. The van der Waals surface area contributed by atoms with E-state index in [2.05, 4.69) is 34.1 Å². The topological polar surface area (TPSA) is 56.8 Å². The molecule has 3 rings (SSSR count). The number of hydrogen-bond donors (Lipinski definition) is 0. The monoisotopic (exact) mass is 368 g/mol. The molecule has 1 aromatic heterocycles. The van der Waals surface area contributed by atoms with Crippen LogP contribution in [-0.2, 0) is 16.0 Å². The molecule has 6 nitrogen and oxygen atoms in total. The molecule has 2 heterocycles. The molecule has 0 unspecified atom stereocenters. The normalized spacial score (nSPS) is 18.3. The molecule has 1 aliphatic rings. The fourth-order valence-electron chi connectivity index (χ4n) is 3.66. The fraction of sp³-hybridized carbons (Fsp3) is 0.476. The van der Waals surface area contributed by atoms with E-state index in [0.717, 1.165) is 37.0 Å². The van der Waals surface area contributed by atoms with E-state index >= 15 is 0 Å². The molecule has 0 aliphatic carbocycles. The van der Waals surface area contributed by atoms with Gasteiger partial charge in [0.15, 0.2) is 0 Å². The molecule has 0 bridgehead atoms. The Morgan fingerprint density at radius 2 is 2.00 bits per heavy atom. The number of carbonyl (C=O) groups excluding carboxylic acids is 2. The van der Waals surface area contributed by atoms with Gasteiger partial charge in [-0.1, -0.05) is 12.1 Å². The van der Waals surface area contributed by atoms with E-state index < -0.39 is 0 Å². The quantitative estimate of drug-likeness (QED) is 0.823. The van der Waals surface area contributed by atoms with E-state index in [9.17, 15) is 9.59 Å². The van der Waals surface area contributed by atoms with Crippen LogP contribution in [0.5, 0.6) is 0 Å². The van der Waals surface area contributed by atoms with Crippen molar-refractivity contribution < 1.29 is 9.59 Å². The molecule has 6 heteroatoms. The molecule has 2 amide bonds. The van der Waals surface area contributed by atoms with Gasteiger partial charge in [-0.2, -0.15) is 0 Å². The Hall–Kier alpha value is -2.47. The van der Waals surface area contributed by atoms with Crippen LogP contribution >= 0.6 is 0 Å². The molecule has 0 N–H and O–H groups in total. The second kappa shape index (κ2) is 8.48. The number of amides is 2. The third kappa shape index (κ3) is 5.04. The zero-order chi connectivity index (χ0) is 19.4. The lowest BCUT2D eigenvalue weighted by Crippen LogP contribution is -2.40. The number of nitrogens with zero attached hydrogens (tertiary/aromatic N) is 4. The number of fused-ring (bicyclic) bond motifs is 1. The van der Waals surface area contributed by atoms with Gasteiger partial charge < -0.3 is 9.80 Å². The summed E-state index contributed by atoms with van der Waals surface area (Å²) in [7, 11) is 3.56. The van der Waals surface area contributed by atoms with Crippen molar-refractivity contribution in [1.29, 1.82) is 0 Å². The van der Waals surface area contributed by atoms with Gasteiger partial charge in [-0.3, -0.25) is 19.5 Å². The standard InChI is InChI=1S/C21H28N4O2/c1-16(26)25-10-9-24(15-21(27)23(2)3)13-18(14-25)11-17-6-7-20-19(12-17)5-4-8-22-20/h4-8,12,18H,9-11,13-15H2,1-3H3/t18-/m0/s1. The third-order valence-electron chi connectivity index (χ3n) is 5.18. The summed E-state index contributed by atoms with van der Waals surface area (Å²) in [6.07, 6.45) is 2.68. The van der Waals surface area contributed by atoms with Crippen molar-refractivity contribution in [2.75, 3.05) is 46.8 Å². The Labute approximate surface area is 160 Å². The van der Waals surface area contributed by atoms with Gasteiger partial charge in [0, 0.05) is 58.8 Å². The summed E-state index contributed by atoms with van der Waals surface area (Å²) in [5, 5.41) is 1.13. The second-order valence-corrected chi connectivity index (χ2v) is 7.59. The van der Waals surface area contributed by atoms with Gasteiger partial charge in [0.1, 0.15) is 0 Å². The molecule has 1 saturated heterocycles. The van der Waals surface area contributed by atoms with Crippen LogP contribution < -0.4 is 0 Å². The van der Waals surface area contributed by atoms with Gasteiger partial charge in [0.05, 0.1) is 12.1 Å². The number of pyridine rings is 1. The van der Waals surface area contributed by atoms with Crippen molar-refractivity contribution in [2.45, 2.75) is 13.3 Å². The van der Waals surface area contributed by atoms with E-state index in [1.807, 2.05) is 11.0 Å². The van der Waals surface area contributed by atoms with Gasteiger partial charge in [0.25, 0.3) is 0 Å². The molecule has 0 saturated carbocycles. The van der Waals surface area contributed by atoms with Crippen molar-refractivity contribution in [3.05, 3.63) is 42.1 Å². The van der Waals surface area contributed by atoms with Gasteiger partial charge in [0.2, 0.25) is 11.8 Å². The van der Waals surface area contributed by atoms with E-state index in [1.54, 1.807) is 32.1 Å². The maximum atomic E-state index is 12.1. The lowest BCUT2D eigenvalue weighted by molar-refractivity contribution is -0.130. The predicted octanol–water partition coefficient (Wildman–Crippen LogP) is 1.65. The van der Waals surface area contributed by atoms with Crippen LogP contribution in [0, 0.1) is 5.92 Å². The van der Waals surface area contributed by atoms with Crippen molar-refractivity contribution in [3.63, 3.8) is 0 Å². The number of likely N-dealkylation sites (N-methyl/N-ethyl adjacent to an activating group) is 1. The number of aromatic nitrogens is 1. The SMILES string of the molecule is CC(=O)N1CCN(CC(=O)N(C)C)C[C@H](Cc2ccc3ncccc3c2)C1. The molecular formula is C21H28N4O2. The molecule has 1 fully saturated rings. The van der Waals surface area contributed by atoms with E-state index in [1.165, 1.54) is 5.56 Å². The minimum absolute atomic E-state index is 0.0989. The molecule has 1 aromatic carbocycles. The fourth-order valence-corrected chi connectivity index (χ4v) is 3.66. The van der Waals surface area contributed by atoms with Crippen LogP contribution in [0.25, 0.3) is 10.9 Å². The molecule has 0 spiro atoms. The number of rotatable bonds is 4. The first-order valence-corrected chi connectivity index (χ1v) is 9.44. The first-order chi connectivity index (χ1) is 12.9.